The number of nitrogens with one attached hydrogen (secondary N) is 1. The van der Waals surface area contributed by atoms with Gasteiger partial charge in [0.05, 0.1) is 23.9 Å². The number of aromatic nitrogens is 3. The minimum Gasteiger partial charge on any atom is -0.374 e. The van der Waals surface area contributed by atoms with Crippen LogP contribution in [0.5, 0.6) is 0 Å². The molecule has 2 unspecified atom stereocenters. The zero-order valence-electron chi connectivity index (χ0n) is 16.0. The summed E-state index contributed by atoms with van der Waals surface area (Å²) >= 11 is 9.85. The van der Waals surface area contributed by atoms with Crippen molar-refractivity contribution in [3.8, 4) is 0 Å². The number of ether oxygens (including phenoxy) is 1. The van der Waals surface area contributed by atoms with E-state index in [1.54, 1.807) is 17.8 Å². The van der Waals surface area contributed by atoms with Crippen molar-refractivity contribution in [1.82, 2.24) is 14.3 Å². The van der Waals surface area contributed by atoms with Gasteiger partial charge in [0.15, 0.2) is 11.5 Å². The molecule has 2 aromatic heterocycles. The van der Waals surface area contributed by atoms with E-state index in [4.69, 9.17) is 16.3 Å². The van der Waals surface area contributed by atoms with Crippen LogP contribution in [-0.4, -0.2) is 27.2 Å². The lowest BCUT2D eigenvalue weighted by Gasteiger charge is -2.24. The van der Waals surface area contributed by atoms with Gasteiger partial charge in [0, 0.05) is 17.6 Å². The SMILES string of the molecule is CSc1cc(C2CCCCO2)ccc1Nc1cc(Cl)nc2c1nc(C(F)F)n2PI. The molecule has 1 fully saturated rings. The van der Waals surface area contributed by atoms with Crippen molar-refractivity contribution in [2.24, 2.45) is 0 Å². The summed E-state index contributed by atoms with van der Waals surface area (Å²) in [5.74, 6) is -0.301. The molecule has 1 aromatic carbocycles. The first-order chi connectivity index (χ1) is 14.5. The van der Waals surface area contributed by atoms with Crippen LogP contribution in [0, 0.1) is 0 Å². The maximum Gasteiger partial charge on any atom is 0.295 e. The van der Waals surface area contributed by atoms with E-state index in [2.05, 4.69) is 21.4 Å². The Labute approximate surface area is 197 Å². The molecular formula is C19H19ClF2IN4OPS. The van der Waals surface area contributed by atoms with E-state index in [0.29, 0.717) is 16.9 Å². The number of hydrogen-bond donors (Lipinski definition) is 1. The monoisotopic (exact) mass is 582 g/mol. The zero-order valence-corrected chi connectivity index (χ0v) is 20.7. The summed E-state index contributed by atoms with van der Waals surface area (Å²) in [6.45, 7) is 0.791. The Morgan fingerprint density at radius 2 is 2.13 bits per heavy atom. The molecule has 0 spiro atoms. The average Bonchev–Trinajstić information content (AvgIpc) is 3.13. The van der Waals surface area contributed by atoms with Crippen LogP contribution in [0.15, 0.2) is 29.2 Å². The number of hydrogen-bond acceptors (Lipinski definition) is 5. The van der Waals surface area contributed by atoms with Gasteiger partial charge < -0.3 is 10.1 Å². The second kappa shape index (κ2) is 9.81. The maximum atomic E-state index is 13.5. The molecule has 0 amide bonds. The summed E-state index contributed by atoms with van der Waals surface area (Å²) in [5, 5.41) is 3.56. The molecule has 0 aliphatic carbocycles. The second-order valence-corrected chi connectivity index (χ2v) is 10.1. The van der Waals surface area contributed by atoms with Crippen molar-refractivity contribution in [3.05, 3.63) is 40.8 Å². The molecule has 0 bridgehead atoms. The first-order valence-electron chi connectivity index (χ1n) is 9.32. The van der Waals surface area contributed by atoms with Gasteiger partial charge in [-0.25, -0.2) is 18.7 Å². The summed E-state index contributed by atoms with van der Waals surface area (Å²) in [5.41, 5.74) is 3.29. The molecule has 2 atom stereocenters. The topological polar surface area (TPSA) is 52.0 Å². The fourth-order valence-electron chi connectivity index (χ4n) is 3.52. The first kappa shape index (κ1) is 22.5. The Bertz CT molecular complexity index is 1060. The number of nitrogens with zero attached hydrogens (tertiary/aromatic N) is 3. The Morgan fingerprint density at radius 3 is 2.80 bits per heavy atom. The van der Waals surface area contributed by atoms with Crippen LogP contribution in [0.4, 0.5) is 20.2 Å². The summed E-state index contributed by atoms with van der Waals surface area (Å²) in [6, 6.07) is 7.78. The van der Waals surface area contributed by atoms with E-state index in [0.717, 1.165) is 35.6 Å². The van der Waals surface area contributed by atoms with E-state index in [9.17, 15) is 8.78 Å². The molecule has 3 aromatic rings. The Morgan fingerprint density at radius 1 is 1.30 bits per heavy atom. The van der Waals surface area contributed by atoms with Gasteiger partial charge in [-0.15, -0.1) is 11.8 Å². The Balaban J connectivity index is 1.73. The largest absolute Gasteiger partial charge is 0.374 e. The highest BCUT2D eigenvalue weighted by Gasteiger charge is 2.23. The third-order valence-electron chi connectivity index (χ3n) is 4.94. The second-order valence-electron chi connectivity index (χ2n) is 6.80. The van der Waals surface area contributed by atoms with Crippen molar-refractivity contribution in [3.63, 3.8) is 0 Å². The highest BCUT2D eigenvalue weighted by molar-refractivity contribution is 14.2. The number of thioether (sulfide) groups is 1. The van der Waals surface area contributed by atoms with Gasteiger partial charge >= 0.3 is 0 Å². The fourth-order valence-corrected chi connectivity index (χ4v) is 6.20. The molecule has 30 heavy (non-hydrogen) atoms. The van der Waals surface area contributed by atoms with Crippen LogP contribution < -0.4 is 5.32 Å². The zero-order chi connectivity index (χ0) is 21.3. The summed E-state index contributed by atoms with van der Waals surface area (Å²) in [4.78, 5) is 9.45. The number of rotatable bonds is 6. The average molecular weight is 583 g/mol. The Hall–Kier alpha value is -0.740. The molecule has 11 heteroatoms. The minimum absolute atomic E-state index is 0.0359. The van der Waals surface area contributed by atoms with Crippen molar-refractivity contribution in [2.75, 3.05) is 18.2 Å². The van der Waals surface area contributed by atoms with E-state index in [1.165, 1.54) is 10.8 Å². The number of pyridine rings is 1. The quantitative estimate of drug-likeness (QED) is 0.141. The number of anilines is 2. The van der Waals surface area contributed by atoms with Gasteiger partial charge in [0.1, 0.15) is 10.7 Å². The molecular weight excluding hydrogens is 564 g/mol. The third-order valence-corrected chi connectivity index (χ3v) is 7.96. The van der Waals surface area contributed by atoms with Crippen LogP contribution in [-0.2, 0) is 4.74 Å². The van der Waals surface area contributed by atoms with Crippen molar-refractivity contribution >= 4 is 74.3 Å². The van der Waals surface area contributed by atoms with Gasteiger partial charge in [-0.2, -0.15) is 0 Å². The van der Waals surface area contributed by atoms with Crippen molar-refractivity contribution < 1.29 is 13.5 Å². The molecule has 0 radical (unpaired) electrons. The molecule has 5 nitrogen and oxygen atoms in total. The summed E-state index contributed by atoms with van der Waals surface area (Å²) in [7, 11) is 0. The molecule has 1 N–H and O–H groups in total. The number of imidazole rings is 1. The number of halogens is 4. The number of fused-ring (bicyclic) bond motifs is 1. The molecule has 3 heterocycles. The fraction of sp³-hybridized carbons (Fsp3) is 0.368. The minimum atomic E-state index is -2.69. The first-order valence-corrected chi connectivity index (χ1v) is 15.0. The smallest absolute Gasteiger partial charge is 0.295 e. The standard InChI is InChI=1S/C19H19ClF2IN4OPS/c1-30-14-8-10(13-4-2-3-7-28-13)5-6-11(14)24-12-9-15(20)25-18-16(12)26-19(17(21)22)27(18)29-23/h5-6,8-9,13,17,29H,2-4,7H2,1H3,(H,24,25). The highest BCUT2D eigenvalue weighted by atomic mass is 127. The third kappa shape index (κ3) is 4.55. The Kier molecular flexibility index (Phi) is 7.34. The van der Waals surface area contributed by atoms with Crippen molar-refractivity contribution in [1.29, 1.82) is 0 Å². The summed E-state index contributed by atoms with van der Waals surface area (Å²) < 4.78 is 34.3. The molecule has 160 valence electrons. The lowest BCUT2D eigenvalue weighted by molar-refractivity contribution is 0.0148. The van der Waals surface area contributed by atoms with Gasteiger partial charge in [0.25, 0.3) is 6.43 Å². The van der Waals surface area contributed by atoms with Gasteiger partial charge in [-0.05, 0) is 65.3 Å². The van der Waals surface area contributed by atoms with Crippen molar-refractivity contribution in [2.45, 2.75) is 36.7 Å². The molecule has 1 aliphatic rings. The van der Waals surface area contributed by atoms with E-state index < -0.39 is 6.43 Å². The van der Waals surface area contributed by atoms with Crippen LogP contribution >= 0.6 is 51.8 Å². The molecule has 1 aliphatic heterocycles. The predicted molar refractivity (Wildman–Crippen MR) is 129 cm³/mol. The van der Waals surface area contributed by atoms with E-state index >= 15 is 0 Å². The van der Waals surface area contributed by atoms with Crippen LogP contribution in [0.25, 0.3) is 11.2 Å². The molecule has 1 saturated heterocycles. The maximum absolute atomic E-state index is 13.5. The van der Waals surface area contributed by atoms with Gasteiger partial charge in [0.2, 0.25) is 0 Å². The lowest BCUT2D eigenvalue weighted by Crippen LogP contribution is -2.11. The highest BCUT2D eigenvalue weighted by Crippen LogP contribution is 2.40. The van der Waals surface area contributed by atoms with Gasteiger partial charge in [-0.1, -0.05) is 17.7 Å². The molecule has 4 rings (SSSR count). The van der Waals surface area contributed by atoms with Gasteiger partial charge in [-0.3, -0.25) is 4.34 Å². The number of alkyl halides is 2. The normalized spacial score (nSPS) is 17.5. The van der Waals surface area contributed by atoms with Crippen LogP contribution in [0.2, 0.25) is 5.15 Å². The lowest BCUT2D eigenvalue weighted by atomic mass is 10.0. The summed E-state index contributed by atoms with van der Waals surface area (Å²) in [6.07, 6.45) is 2.76. The van der Waals surface area contributed by atoms with Crippen LogP contribution in [0.3, 0.4) is 0 Å². The van der Waals surface area contributed by atoms with E-state index in [1.807, 2.05) is 40.4 Å². The van der Waals surface area contributed by atoms with Crippen LogP contribution in [0.1, 0.15) is 43.2 Å². The predicted octanol–water partition coefficient (Wildman–Crippen LogP) is 7.52. The molecule has 0 saturated carbocycles. The van der Waals surface area contributed by atoms with E-state index in [-0.39, 0.29) is 23.5 Å². The number of benzene rings is 1.